The van der Waals surface area contributed by atoms with Crippen molar-refractivity contribution < 1.29 is 9.90 Å². The maximum absolute atomic E-state index is 11.4. The Morgan fingerprint density at radius 3 is 2.47 bits per heavy atom. The van der Waals surface area contributed by atoms with E-state index in [0.29, 0.717) is 13.0 Å². The third-order valence-corrected chi connectivity index (χ3v) is 2.42. The van der Waals surface area contributed by atoms with Gasteiger partial charge in [0.1, 0.15) is 0 Å². The lowest BCUT2D eigenvalue weighted by molar-refractivity contribution is -0.121. The van der Waals surface area contributed by atoms with Gasteiger partial charge < -0.3 is 16.2 Å². The van der Waals surface area contributed by atoms with Crippen LogP contribution < -0.4 is 11.1 Å². The van der Waals surface area contributed by atoms with Gasteiger partial charge in [0.25, 0.3) is 0 Å². The number of rotatable bonds is 6. The molecule has 0 aliphatic carbocycles. The number of hydrogen-bond acceptors (Lipinski definition) is 3. The number of carbonyl (C=O) groups is 1. The van der Waals surface area contributed by atoms with E-state index in [9.17, 15) is 4.79 Å². The highest BCUT2D eigenvalue weighted by Gasteiger charge is 2.22. The molecule has 0 aromatic carbocycles. The van der Waals surface area contributed by atoms with Gasteiger partial charge in [-0.05, 0) is 18.3 Å². The van der Waals surface area contributed by atoms with Crippen LogP contribution in [-0.4, -0.2) is 30.2 Å². The van der Waals surface area contributed by atoms with Crippen molar-refractivity contribution in [3.63, 3.8) is 0 Å². The summed E-state index contributed by atoms with van der Waals surface area (Å²) in [7, 11) is 0. The first-order valence-electron chi connectivity index (χ1n) is 5.51. The minimum atomic E-state index is -0.115. The van der Waals surface area contributed by atoms with E-state index in [1.165, 1.54) is 0 Å². The molecule has 0 aliphatic heterocycles. The molecule has 0 heterocycles. The van der Waals surface area contributed by atoms with Crippen LogP contribution in [0.4, 0.5) is 0 Å². The number of aliphatic hydroxyl groups is 1. The second kappa shape index (κ2) is 6.80. The Labute approximate surface area is 92.2 Å². The zero-order valence-electron chi connectivity index (χ0n) is 10.0. The van der Waals surface area contributed by atoms with Crippen LogP contribution in [0.3, 0.4) is 0 Å². The third kappa shape index (κ3) is 7.33. The summed E-state index contributed by atoms with van der Waals surface area (Å²) >= 11 is 0. The van der Waals surface area contributed by atoms with Gasteiger partial charge in [-0.1, -0.05) is 20.8 Å². The van der Waals surface area contributed by atoms with Crippen LogP contribution in [0, 0.1) is 5.41 Å². The van der Waals surface area contributed by atoms with Crippen molar-refractivity contribution in [3.8, 4) is 0 Å². The van der Waals surface area contributed by atoms with Crippen molar-refractivity contribution >= 4 is 5.91 Å². The van der Waals surface area contributed by atoms with Crippen molar-refractivity contribution in [1.29, 1.82) is 0 Å². The molecule has 0 bridgehead atoms. The Morgan fingerprint density at radius 1 is 1.40 bits per heavy atom. The normalized spacial score (nSPS) is 13.7. The monoisotopic (exact) mass is 216 g/mol. The van der Waals surface area contributed by atoms with Crippen molar-refractivity contribution in [1.82, 2.24) is 5.32 Å². The highest BCUT2D eigenvalue weighted by atomic mass is 16.2. The molecule has 15 heavy (non-hydrogen) atoms. The SMILES string of the molecule is CC(C)(C)C(N)CC(=O)NCCCCO. The molecular weight excluding hydrogens is 192 g/mol. The minimum Gasteiger partial charge on any atom is -0.396 e. The van der Waals surface area contributed by atoms with Crippen molar-refractivity contribution in [3.05, 3.63) is 0 Å². The highest BCUT2D eigenvalue weighted by Crippen LogP contribution is 2.19. The standard InChI is InChI=1S/C11H24N2O2/c1-11(2,3)9(12)8-10(15)13-6-4-5-7-14/h9,14H,4-8,12H2,1-3H3,(H,13,15). The predicted octanol–water partition coefficient (Wildman–Crippen LogP) is 0.639. The van der Waals surface area contributed by atoms with Gasteiger partial charge in [0.2, 0.25) is 5.91 Å². The fraction of sp³-hybridized carbons (Fsp3) is 0.909. The van der Waals surface area contributed by atoms with Gasteiger partial charge in [-0.3, -0.25) is 4.79 Å². The Bertz CT molecular complexity index is 188. The van der Waals surface area contributed by atoms with E-state index in [1.54, 1.807) is 0 Å². The van der Waals surface area contributed by atoms with Gasteiger partial charge in [0, 0.05) is 25.6 Å². The number of carbonyl (C=O) groups excluding carboxylic acids is 1. The minimum absolute atomic E-state index is 0.00429. The molecule has 0 saturated heterocycles. The summed E-state index contributed by atoms with van der Waals surface area (Å²) in [5.41, 5.74) is 5.84. The van der Waals surface area contributed by atoms with Gasteiger partial charge in [-0.25, -0.2) is 0 Å². The molecule has 0 rings (SSSR count). The number of nitrogens with two attached hydrogens (primary N) is 1. The number of hydrogen-bond donors (Lipinski definition) is 3. The maximum atomic E-state index is 11.4. The first-order valence-corrected chi connectivity index (χ1v) is 5.51. The lowest BCUT2D eigenvalue weighted by atomic mass is 9.85. The Morgan fingerprint density at radius 2 is 2.00 bits per heavy atom. The topological polar surface area (TPSA) is 75.4 Å². The average Bonchev–Trinajstić information content (AvgIpc) is 2.11. The molecule has 0 aromatic heterocycles. The number of aliphatic hydroxyl groups excluding tert-OH is 1. The molecule has 0 aliphatic rings. The van der Waals surface area contributed by atoms with Gasteiger partial charge in [-0.15, -0.1) is 0 Å². The van der Waals surface area contributed by atoms with E-state index in [4.69, 9.17) is 10.8 Å². The molecule has 90 valence electrons. The Hall–Kier alpha value is -0.610. The summed E-state index contributed by atoms with van der Waals surface area (Å²) < 4.78 is 0. The quantitative estimate of drug-likeness (QED) is 0.570. The first-order chi connectivity index (χ1) is 6.88. The largest absolute Gasteiger partial charge is 0.396 e. The number of nitrogens with one attached hydrogen (secondary N) is 1. The Kier molecular flexibility index (Phi) is 6.52. The van der Waals surface area contributed by atoms with Crippen molar-refractivity contribution in [2.24, 2.45) is 11.1 Å². The third-order valence-electron chi connectivity index (χ3n) is 2.42. The second-order valence-corrected chi connectivity index (χ2v) is 4.96. The molecular formula is C11H24N2O2. The molecule has 4 nitrogen and oxygen atoms in total. The van der Waals surface area contributed by atoms with Crippen molar-refractivity contribution in [2.75, 3.05) is 13.2 Å². The summed E-state index contributed by atoms with van der Waals surface area (Å²) in [6.45, 7) is 6.87. The molecule has 4 N–H and O–H groups in total. The van der Waals surface area contributed by atoms with Crippen LogP contribution in [0.5, 0.6) is 0 Å². The molecule has 0 spiro atoms. The van der Waals surface area contributed by atoms with Crippen LogP contribution >= 0.6 is 0 Å². The average molecular weight is 216 g/mol. The summed E-state index contributed by atoms with van der Waals surface area (Å²) in [6.07, 6.45) is 1.90. The van der Waals surface area contributed by atoms with Gasteiger partial charge >= 0.3 is 0 Å². The Balaban J connectivity index is 3.65. The van der Waals surface area contributed by atoms with Crippen LogP contribution in [0.2, 0.25) is 0 Å². The molecule has 4 heteroatoms. The first kappa shape index (κ1) is 14.4. The lowest BCUT2D eigenvalue weighted by Crippen LogP contribution is -2.40. The van der Waals surface area contributed by atoms with E-state index < -0.39 is 0 Å². The highest BCUT2D eigenvalue weighted by molar-refractivity contribution is 5.76. The fourth-order valence-corrected chi connectivity index (χ4v) is 1.04. The maximum Gasteiger partial charge on any atom is 0.221 e. The van der Waals surface area contributed by atoms with E-state index in [0.717, 1.165) is 12.8 Å². The second-order valence-electron chi connectivity index (χ2n) is 4.96. The predicted molar refractivity (Wildman–Crippen MR) is 61.4 cm³/mol. The zero-order valence-corrected chi connectivity index (χ0v) is 10.0. The molecule has 1 unspecified atom stereocenters. The molecule has 0 radical (unpaired) electrons. The lowest BCUT2D eigenvalue weighted by Gasteiger charge is -2.26. The van der Waals surface area contributed by atoms with E-state index >= 15 is 0 Å². The smallest absolute Gasteiger partial charge is 0.221 e. The van der Waals surface area contributed by atoms with Crippen LogP contribution in [0.25, 0.3) is 0 Å². The molecule has 1 amide bonds. The number of amides is 1. The molecule has 0 aromatic rings. The zero-order chi connectivity index (χ0) is 11.9. The summed E-state index contributed by atoms with van der Waals surface area (Å²) in [5.74, 6) is -0.00429. The molecule has 0 fully saturated rings. The van der Waals surface area contributed by atoms with Gasteiger partial charge in [-0.2, -0.15) is 0 Å². The van der Waals surface area contributed by atoms with E-state index in [-0.39, 0.29) is 24.0 Å². The summed E-state index contributed by atoms with van der Waals surface area (Å²) in [6, 6.07) is -0.115. The molecule has 1 atom stereocenters. The molecule has 0 saturated carbocycles. The summed E-state index contributed by atoms with van der Waals surface area (Å²) in [4.78, 5) is 11.4. The van der Waals surface area contributed by atoms with Gasteiger partial charge in [0.05, 0.1) is 0 Å². The van der Waals surface area contributed by atoms with Crippen LogP contribution in [0.15, 0.2) is 0 Å². The van der Waals surface area contributed by atoms with Gasteiger partial charge in [0.15, 0.2) is 0 Å². The van der Waals surface area contributed by atoms with E-state index in [1.807, 2.05) is 20.8 Å². The van der Waals surface area contributed by atoms with Crippen molar-refractivity contribution in [2.45, 2.75) is 46.1 Å². The van der Waals surface area contributed by atoms with Crippen LogP contribution in [0.1, 0.15) is 40.0 Å². The summed E-state index contributed by atoms with van der Waals surface area (Å²) in [5, 5.41) is 11.3. The van der Waals surface area contributed by atoms with E-state index in [2.05, 4.69) is 5.32 Å². The van der Waals surface area contributed by atoms with Crippen LogP contribution in [-0.2, 0) is 4.79 Å². The fourth-order valence-electron chi connectivity index (χ4n) is 1.04. The number of unbranched alkanes of at least 4 members (excludes halogenated alkanes) is 1.